The van der Waals surface area contributed by atoms with Gasteiger partial charge in [0.1, 0.15) is 0 Å². The Bertz CT molecular complexity index is 704. The number of benzene rings is 1. The molecule has 100 valence electrons. The predicted octanol–water partition coefficient (Wildman–Crippen LogP) is 1.38. The number of hydrogen-bond donors (Lipinski definition) is 1. The van der Waals surface area contributed by atoms with Crippen LogP contribution in [-0.2, 0) is 10.0 Å². The second-order valence-electron chi connectivity index (χ2n) is 3.83. The van der Waals surface area contributed by atoms with Crippen molar-refractivity contribution in [2.45, 2.75) is 18.7 Å². The number of sulfonamides is 1. The molecule has 2 aromatic rings. The summed E-state index contributed by atoms with van der Waals surface area (Å²) in [5.41, 5.74) is 0.438. The maximum atomic E-state index is 12.0. The van der Waals surface area contributed by atoms with E-state index in [1.165, 1.54) is 31.2 Å². The van der Waals surface area contributed by atoms with Crippen molar-refractivity contribution in [3.63, 3.8) is 0 Å². The number of carbonyl (C=O) groups excluding carboxylic acids is 1. The van der Waals surface area contributed by atoms with E-state index >= 15 is 0 Å². The molecule has 2 rings (SSSR count). The third kappa shape index (κ3) is 2.97. The molecule has 0 aliphatic rings. The van der Waals surface area contributed by atoms with Crippen LogP contribution < -0.4 is 4.72 Å². The largest absolute Gasteiger partial charge is 0.335 e. The Hall–Kier alpha value is -2.22. The molecular weight excluding hydrogens is 270 g/mol. The van der Waals surface area contributed by atoms with Gasteiger partial charge in [0.2, 0.25) is 0 Å². The molecule has 0 atom stereocenters. The number of hydrogen-bond acceptors (Lipinski definition) is 6. The topological polar surface area (TPSA) is 102 Å². The molecule has 1 N–H and O–H groups in total. The molecule has 0 radical (unpaired) electrons. The van der Waals surface area contributed by atoms with E-state index < -0.39 is 10.0 Å². The third-order valence-corrected chi connectivity index (χ3v) is 3.66. The minimum absolute atomic E-state index is 0.00773. The van der Waals surface area contributed by atoms with Crippen molar-refractivity contribution in [1.29, 1.82) is 0 Å². The van der Waals surface area contributed by atoms with Crippen LogP contribution in [0.1, 0.15) is 23.1 Å². The van der Waals surface area contributed by atoms with Gasteiger partial charge in [0, 0.05) is 5.56 Å². The van der Waals surface area contributed by atoms with E-state index in [1.54, 1.807) is 6.92 Å². The van der Waals surface area contributed by atoms with E-state index in [-0.39, 0.29) is 16.7 Å². The molecule has 1 aromatic heterocycles. The average Bonchev–Trinajstić information content (AvgIpc) is 2.74. The molecule has 0 spiro atoms. The molecular formula is C11H11N3O4S. The van der Waals surface area contributed by atoms with Crippen molar-refractivity contribution in [2.75, 3.05) is 4.72 Å². The average molecular weight is 281 g/mol. The van der Waals surface area contributed by atoms with Crippen molar-refractivity contribution in [1.82, 2.24) is 10.1 Å². The van der Waals surface area contributed by atoms with Gasteiger partial charge in [-0.3, -0.25) is 4.79 Å². The Kier molecular flexibility index (Phi) is 3.34. The van der Waals surface area contributed by atoms with E-state index in [9.17, 15) is 13.2 Å². The molecule has 1 heterocycles. The third-order valence-electron chi connectivity index (χ3n) is 2.32. The maximum Gasteiger partial charge on any atom is 0.335 e. The van der Waals surface area contributed by atoms with Gasteiger partial charge in [-0.15, -0.1) is 0 Å². The van der Waals surface area contributed by atoms with Crippen LogP contribution in [0.25, 0.3) is 0 Å². The number of Topliss-reactive ketones (excluding diaryl/α,β-unsaturated/α-hetero) is 1. The summed E-state index contributed by atoms with van der Waals surface area (Å²) in [6.07, 6.45) is 0. The summed E-state index contributed by atoms with van der Waals surface area (Å²) < 4.78 is 30.8. The molecule has 0 bridgehead atoms. The van der Waals surface area contributed by atoms with E-state index in [1.807, 2.05) is 0 Å². The lowest BCUT2D eigenvalue weighted by atomic mass is 10.2. The van der Waals surface area contributed by atoms with Crippen LogP contribution in [0.4, 0.5) is 6.01 Å². The Balaban J connectivity index is 2.26. The Morgan fingerprint density at radius 1 is 1.26 bits per heavy atom. The quantitative estimate of drug-likeness (QED) is 0.849. The van der Waals surface area contributed by atoms with Gasteiger partial charge in [-0.05, 0) is 26.0 Å². The van der Waals surface area contributed by atoms with Gasteiger partial charge in [0.05, 0.1) is 4.90 Å². The van der Waals surface area contributed by atoms with Gasteiger partial charge >= 0.3 is 6.01 Å². The van der Waals surface area contributed by atoms with Crippen LogP contribution in [0.3, 0.4) is 0 Å². The van der Waals surface area contributed by atoms with Gasteiger partial charge < -0.3 is 4.52 Å². The number of rotatable bonds is 4. The van der Waals surface area contributed by atoms with Crippen LogP contribution in [0.15, 0.2) is 33.7 Å². The zero-order valence-corrected chi connectivity index (χ0v) is 11.1. The first-order chi connectivity index (χ1) is 8.88. The van der Waals surface area contributed by atoms with Crippen molar-refractivity contribution in [3.05, 3.63) is 35.7 Å². The number of anilines is 1. The maximum absolute atomic E-state index is 12.0. The van der Waals surface area contributed by atoms with E-state index in [2.05, 4.69) is 19.4 Å². The summed E-state index contributed by atoms with van der Waals surface area (Å²) in [7, 11) is -3.80. The fraction of sp³-hybridized carbons (Fsp3) is 0.182. The lowest BCUT2D eigenvalue weighted by Crippen LogP contribution is -2.13. The number of aromatic nitrogens is 2. The van der Waals surface area contributed by atoms with Gasteiger partial charge in [0.15, 0.2) is 11.6 Å². The number of ketones is 1. The Labute approximate surface area is 109 Å². The lowest BCUT2D eigenvalue weighted by Gasteiger charge is -2.04. The zero-order chi connectivity index (χ0) is 14.0. The van der Waals surface area contributed by atoms with Crippen LogP contribution in [0.2, 0.25) is 0 Å². The van der Waals surface area contributed by atoms with E-state index in [0.29, 0.717) is 11.4 Å². The van der Waals surface area contributed by atoms with E-state index in [0.717, 1.165) is 0 Å². The minimum Gasteiger partial charge on any atom is -0.314 e. The summed E-state index contributed by atoms with van der Waals surface area (Å²) >= 11 is 0. The first kappa shape index (κ1) is 13.2. The number of nitrogens with one attached hydrogen (secondary N) is 1. The van der Waals surface area contributed by atoms with Crippen LogP contribution in [0, 0.1) is 6.92 Å². The first-order valence-electron chi connectivity index (χ1n) is 5.32. The SMILES string of the molecule is CC(=O)c1ccc(S(=O)(=O)Nc2nc(C)no2)cc1. The molecule has 0 fully saturated rings. The molecule has 0 aliphatic heterocycles. The monoisotopic (exact) mass is 281 g/mol. The normalized spacial score (nSPS) is 11.3. The predicted molar refractivity (Wildman–Crippen MR) is 66.3 cm³/mol. The molecule has 8 heteroatoms. The van der Waals surface area contributed by atoms with Gasteiger partial charge in [0.25, 0.3) is 10.0 Å². The van der Waals surface area contributed by atoms with Gasteiger partial charge in [-0.25, -0.2) is 13.1 Å². The van der Waals surface area contributed by atoms with Crippen molar-refractivity contribution >= 4 is 21.8 Å². The molecule has 0 saturated carbocycles. The molecule has 0 unspecified atom stereocenters. The van der Waals surface area contributed by atoms with Crippen molar-refractivity contribution in [3.8, 4) is 0 Å². The van der Waals surface area contributed by atoms with E-state index in [4.69, 9.17) is 0 Å². The van der Waals surface area contributed by atoms with Crippen molar-refractivity contribution < 1.29 is 17.7 Å². The standard InChI is InChI=1S/C11H11N3O4S/c1-7(15)9-3-5-10(6-4-9)19(16,17)14-11-12-8(2)13-18-11/h3-6H,1-2H3,(H,12,13,14). The fourth-order valence-electron chi connectivity index (χ4n) is 1.38. The van der Waals surface area contributed by atoms with Crippen LogP contribution >= 0.6 is 0 Å². The van der Waals surface area contributed by atoms with Crippen LogP contribution in [0.5, 0.6) is 0 Å². The smallest absolute Gasteiger partial charge is 0.314 e. The molecule has 19 heavy (non-hydrogen) atoms. The van der Waals surface area contributed by atoms with Crippen LogP contribution in [-0.4, -0.2) is 24.3 Å². The summed E-state index contributed by atoms with van der Waals surface area (Å²) in [6, 6.07) is 5.35. The lowest BCUT2D eigenvalue weighted by molar-refractivity contribution is 0.101. The highest BCUT2D eigenvalue weighted by Crippen LogP contribution is 2.15. The molecule has 7 nitrogen and oxygen atoms in total. The Morgan fingerprint density at radius 2 is 1.89 bits per heavy atom. The molecule has 0 saturated heterocycles. The second-order valence-corrected chi connectivity index (χ2v) is 5.52. The fourth-order valence-corrected chi connectivity index (χ4v) is 2.31. The van der Waals surface area contributed by atoms with Gasteiger partial charge in [-0.2, -0.15) is 4.98 Å². The first-order valence-corrected chi connectivity index (χ1v) is 6.81. The van der Waals surface area contributed by atoms with Gasteiger partial charge in [-0.1, -0.05) is 17.3 Å². The molecule has 0 amide bonds. The zero-order valence-electron chi connectivity index (χ0n) is 10.2. The number of nitrogens with zero attached hydrogens (tertiary/aromatic N) is 2. The molecule has 1 aromatic carbocycles. The second kappa shape index (κ2) is 4.81. The number of aryl methyl sites for hydroxylation is 1. The Morgan fingerprint density at radius 3 is 2.37 bits per heavy atom. The number of carbonyl (C=O) groups is 1. The summed E-state index contributed by atoms with van der Waals surface area (Å²) in [6.45, 7) is 2.98. The van der Waals surface area contributed by atoms with Crippen molar-refractivity contribution in [2.24, 2.45) is 0 Å². The molecule has 0 aliphatic carbocycles. The minimum atomic E-state index is -3.80. The summed E-state index contributed by atoms with van der Waals surface area (Å²) in [5.74, 6) is 0.189. The highest BCUT2D eigenvalue weighted by Gasteiger charge is 2.17. The summed E-state index contributed by atoms with van der Waals surface area (Å²) in [4.78, 5) is 14.9. The summed E-state index contributed by atoms with van der Waals surface area (Å²) in [5, 5.41) is 3.47. The highest BCUT2D eigenvalue weighted by atomic mass is 32.2. The highest BCUT2D eigenvalue weighted by molar-refractivity contribution is 7.92.